The third-order valence-electron chi connectivity index (χ3n) is 5.28. The monoisotopic (exact) mass is 334 g/mol. The molecule has 6 nitrogen and oxygen atoms in total. The minimum absolute atomic E-state index is 0.0836. The summed E-state index contributed by atoms with van der Waals surface area (Å²) < 4.78 is 7.52. The van der Waals surface area contributed by atoms with Crippen LogP contribution in [0, 0.1) is 13.8 Å². The molecule has 0 radical (unpaired) electrons. The largest absolute Gasteiger partial charge is 0.479 e. The quantitative estimate of drug-likeness (QED) is 0.922. The minimum Gasteiger partial charge on any atom is -0.479 e. The molecule has 1 N–H and O–H groups in total. The Bertz CT molecular complexity index is 631. The number of carbonyl (C=O) groups is 2. The van der Waals surface area contributed by atoms with E-state index in [1.54, 1.807) is 4.90 Å². The van der Waals surface area contributed by atoms with E-state index >= 15 is 0 Å². The average Bonchev–Trinajstić information content (AvgIpc) is 2.89. The number of amides is 1. The number of ether oxygens (including phenoxy) is 1. The van der Waals surface area contributed by atoms with Crippen molar-refractivity contribution in [3.8, 4) is 0 Å². The normalized spacial score (nSPS) is 22.6. The van der Waals surface area contributed by atoms with Crippen molar-refractivity contribution in [3.63, 3.8) is 0 Å². The molecule has 132 valence electrons. The van der Waals surface area contributed by atoms with Crippen molar-refractivity contribution in [3.05, 3.63) is 23.0 Å². The highest BCUT2D eigenvalue weighted by Crippen LogP contribution is 2.32. The van der Waals surface area contributed by atoms with Crippen molar-refractivity contribution < 1.29 is 19.4 Å². The van der Waals surface area contributed by atoms with Crippen LogP contribution < -0.4 is 0 Å². The van der Waals surface area contributed by atoms with Crippen LogP contribution in [0.3, 0.4) is 0 Å². The summed E-state index contributed by atoms with van der Waals surface area (Å²) in [6.45, 7) is 4.88. The Labute approximate surface area is 142 Å². The summed E-state index contributed by atoms with van der Waals surface area (Å²) in [5.74, 6) is -1.10. The smallest absolute Gasteiger partial charge is 0.334 e. The van der Waals surface area contributed by atoms with Gasteiger partial charge < -0.3 is 19.3 Å². The number of carbonyl (C=O) groups excluding carboxylic acids is 1. The Hall–Kier alpha value is -1.82. The van der Waals surface area contributed by atoms with E-state index in [-0.39, 0.29) is 19.1 Å². The molecule has 1 aromatic rings. The molecule has 2 aliphatic rings. The van der Waals surface area contributed by atoms with Crippen molar-refractivity contribution in [2.45, 2.75) is 58.1 Å². The van der Waals surface area contributed by atoms with Gasteiger partial charge in [0.2, 0.25) is 0 Å². The van der Waals surface area contributed by atoms with Crippen molar-refractivity contribution >= 4 is 11.9 Å². The van der Waals surface area contributed by atoms with E-state index in [1.807, 2.05) is 13.0 Å². The third-order valence-corrected chi connectivity index (χ3v) is 5.28. The molecule has 1 atom stereocenters. The summed E-state index contributed by atoms with van der Waals surface area (Å²) in [6, 6.07) is 2.44. The van der Waals surface area contributed by atoms with Crippen LogP contribution in [0.25, 0.3) is 0 Å². The molecule has 2 heterocycles. The molecule has 1 aliphatic carbocycles. The molecule has 6 heteroatoms. The predicted octanol–water partition coefficient (Wildman–Crippen LogP) is 2.54. The summed E-state index contributed by atoms with van der Waals surface area (Å²) >= 11 is 0. The second kappa shape index (κ2) is 6.97. The Morgan fingerprint density at radius 1 is 1.21 bits per heavy atom. The first kappa shape index (κ1) is 17.0. The van der Waals surface area contributed by atoms with Crippen molar-refractivity contribution in [1.82, 2.24) is 9.47 Å². The van der Waals surface area contributed by atoms with Crippen LogP contribution in [0.5, 0.6) is 0 Å². The number of morpholine rings is 1. The van der Waals surface area contributed by atoms with Gasteiger partial charge in [-0.3, -0.25) is 4.79 Å². The zero-order valence-corrected chi connectivity index (χ0v) is 14.5. The van der Waals surface area contributed by atoms with Gasteiger partial charge in [-0.15, -0.1) is 0 Å². The van der Waals surface area contributed by atoms with E-state index in [1.165, 1.54) is 32.1 Å². The number of carboxylic acids is 1. The fraction of sp³-hybridized carbons (Fsp3) is 0.667. The lowest BCUT2D eigenvalue weighted by atomic mass is 9.95. The van der Waals surface area contributed by atoms with Crippen molar-refractivity contribution in [2.24, 2.45) is 0 Å². The fourth-order valence-electron chi connectivity index (χ4n) is 4.05. The third kappa shape index (κ3) is 3.20. The first-order chi connectivity index (χ1) is 11.5. The number of carboxylic acid groups (broad SMARTS) is 1. The predicted molar refractivity (Wildman–Crippen MR) is 89.3 cm³/mol. The SMILES string of the molecule is Cc1cc(C(=O)N2CCO[C@@H](C(=O)O)C2)c(C)n1C1CCCCC1. The minimum atomic E-state index is -1.01. The van der Waals surface area contributed by atoms with Gasteiger partial charge in [0.25, 0.3) is 5.91 Å². The van der Waals surface area contributed by atoms with Gasteiger partial charge in [0.1, 0.15) is 0 Å². The molecule has 0 aromatic carbocycles. The van der Waals surface area contributed by atoms with Gasteiger partial charge in [0.15, 0.2) is 6.10 Å². The highest BCUT2D eigenvalue weighted by molar-refractivity contribution is 5.96. The lowest BCUT2D eigenvalue weighted by Gasteiger charge is -2.31. The molecule has 0 bridgehead atoms. The molecular formula is C18H26N2O4. The maximum Gasteiger partial charge on any atom is 0.334 e. The zero-order valence-electron chi connectivity index (χ0n) is 14.5. The second-order valence-electron chi connectivity index (χ2n) is 6.90. The Morgan fingerprint density at radius 2 is 1.92 bits per heavy atom. The lowest BCUT2D eigenvalue weighted by molar-refractivity contribution is -0.154. The number of aryl methyl sites for hydroxylation is 1. The van der Waals surface area contributed by atoms with Gasteiger partial charge >= 0.3 is 5.97 Å². The van der Waals surface area contributed by atoms with Crippen LogP contribution in [0.4, 0.5) is 0 Å². The van der Waals surface area contributed by atoms with Gasteiger partial charge in [-0.05, 0) is 32.8 Å². The van der Waals surface area contributed by atoms with E-state index in [2.05, 4.69) is 11.5 Å². The molecular weight excluding hydrogens is 308 g/mol. The van der Waals surface area contributed by atoms with Crippen molar-refractivity contribution in [2.75, 3.05) is 19.7 Å². The number of nitrogens with zero attached hydrogens (tertiary/aromatic N) is 2. The summed E-state index contributed by atoms with van der Waals surface area (Å²) in [4.78, 5) is 25.6. The fourth-order valence-corrected chi connectivity index (χ4v) is 4.05. The molecule has 0 unspecified atom stereocenters. The molecule has 1 amide bonds. The Morgan fingerprint density at radius 3 is 2.58 bits per heavy atom. The summed E-state index contributed by atoms with van der Waals surface area (Å²) in [5, 5.41) is 9.11. The van der Waals surface area contributed by atoms with Crippen LogP contribution >= 0.6 is 0 Å². The molecule has 1 aliphatic heterocycles. The van der Waals surface area contributed by atoms with E-state index in [4.69, 9.17) is 9.84 Å². The molecule has 3 rings (SSSR count). The maximum atomic E-state index is 12.9. The molecule has 24 heavy (non-hydrogen) atoms. The van der Waals surface area contributed by atoms with Gasteiger partial charge in [0, 0.05) is 24.0 Å². The van der Waals surface area contributed by atoms with Crippen molar-refractivity contribution in [1.29, 1.82) is 0 Å². The number of rotatable bonds is 3. The zero-order chi connectivity index (χ0) is 17.3. The topological polar surface area (TPSA) is 71.8 Å². The molecule has 0 spiro atoms. The molecule has 2 fully saturated rings. The Balaban J connectivity index is 1.81. The van der Waals surface area contributed by atoms with E-state index < -0.39 is 12.1 Å². The van der Waals surface area contributed by atoms with Gasteiger partial charge in [-0.25, -0.2) is 4.79 Å². The van der Waals surface area contributed by atoms with Crippen LogP contribution in [-0.4, -0.2) is 52.3 Å². The molecule has 1 saturated heterocycles. The summed E-state index contributed by atoms with van der Waals surface area (Å²) in [7, 11) is 0. The van der Waals surface area contributed by atoms with Gasteiger partial charge in [0.05, 0.1) is 18.7 Å². The summed E-state index contributed by atoms with van der Waals surface area (Å²) in [6.07, 6.45) is 5.20. The van der Waals surface area contributed by atoms with Crippen LogP contribution in [-0.2, 0) is 9.53 Å². The first-order valence-electron chi connectivity index (χ1n) is 8.81. The van der Waals surface area contributed by atoms with E-state index in [9.17, 15) is 9.59 Å². The number of hydrogen-bond acceptors (Lipinski definition) is 3. The lowest BCUT2D eigenvalue weighted by Crippen LogP contribution is -2.48. The molecule has 1 aromatic heterocycles. The van der Waals surface area contributed by atoms with Gasteiger partial charge in [-0.2, -0.15) is 0 Å². The van der Waals surface area contributed by atoms with Gasteiger partial charge in [-0.1, -0.05) is 19.3 Å². The standard InChI is InChI=1S/C18H26N2O4/c1-12-10-15(13(2)20(12)14-6-4-3-5-7-14)17(21)19-8-9-24-16(11-19)18(22)23/h10,14,16H,3-9,11H2,1-2H3,(H,22,23)/t16-/m1/s1. The Kier molecular flexibility index (Phi) is 4.94. The first-order valence-corrected chi connectivity index (χ1v) is 8.81. The average molecular weight is 334 g/mol. The molecule has 1 saturated carbocycles. The van der Waals surface area contributed by atoms with Crippen LogP contribution in [0.15, 0.2) is 6.07 Å². The highest BCUT2D eigenvalue weighted by Gasteiger charge is 2.31. The van der Waals surface area contributed by atoms with Crippen LogP contribution in [0.1, 0.15) is 59.9 Å². The van der Waals surface area contributed by atoms with Crippen LogP contribution in [0.2, 0.25) is 0 Å². The number of hydrogen-bond donors (Lipinski definition) is 1. The number of aromatic nitrogens is 1. The second-order valence-corrected chi connectivity index (χ2v) is 6.90. The summed E-state index contributed by atoms with van der Waals surface area (Å²) in [5.41, 5.74) is 2.82. The van der Waals surface area contributed by atoms with E-state index in [0.29, 0.717) is 18.2 Å². The van der Waals surface area contributed by atoms with E-state index in [0.717, 1.165) is 11.4 Å². The number of aliphatic carboxylic acids is 1. The maximum absolute atomic E-state index is 12.9. The highest BCUT2D eigenvalue weighted by atomic mass is 16.5.